The molecule has 3 heteroatoms. The van der Waals surface area contributed by atoms with Gasteiger partial charge in [0.05, 0.1) is 11.9 Å². The van der Waals surface area contributed by atoms with Crippen LogP contribution in [0.1, 0.15) is 0 Å². The lowest BCUT2D eigenvalue weighted by Gasteiger charge is -2.25. The lowest BCUT2D eigenvalue weighted by atomic mass is 10.00. The highest BCUT2D eigenvalue weighted by Crippen LogP contribution is 2.39. The van der Waals surface area contributed by atoms with E-state index < -0.39 is 0 Å². The molecular formula is C43H28N2O. The largest absolute Gasteiger partial charge is 0.454 e. The molecule has 0 aliphatic carbocycles. The van der Waals surface area contributed by atoms with E-state index in [2.05, 4.69) is 150 Å². The predicted molar refractivity (Wildman–Crippen MR) is 192 cm³/mol. The zero-order chi connectivity index (χ0) is 30.5. The normalized spacial score (nSPS) is 11.5. The van der Waals surface area contributed by atoms with E-state index >= 15 is 0 Å². The number of furan rings is 1. The van der Waals surface area contributed by atoms with Crippen LogP contribution in [0.5, 0.6) is 0 Å². The third kappa shape index (κ3) is 4.58. The van der Waals surface area contributed by atoms with Crippen molar-refractivity contribution in [3.63, 3.8) is 0 Å². The van der Waals surface area contributed by atoms with Crippen molar-refractivity contribution in [2.75, 3.05) is 4.90 Å². The minimum atomic E-state index is 0.768. The van der Waals surface area contributed by atoms with Crippen LogP contribution < -0.4 is 4.90 Å². The van der Waals surface area contributed by atoms with Gasteiger partial charge in [0.25, 0.3) is 0 Å². The summed E-state index contributed by atoms with van der Waals surface area (Å²) in [7, 11) is 0. The quantitative estimate of drug-likeness (QED) is 0.200. The number of hydrogen-bond acceptors (Lipinski definition) is 3. The zero-order valence-corrected chi connectivity index (χ0v) is 25.0. The van der Waals surface area contributed by atoms with Gasteiger partial charge in [-0.2, -0.15) is 0 Å². The van der Waals surface area contributed by atoms with Crippen molar-refractivity contribution in [3.8, 4) is 22.3 Å². The number of para-hydroxylation sites is 1. The molecule has 0 aliphatic rings. The van der Waals surface area contributed by atoms with Gasteiger partial charge in [-0.25, -0.2) is 4.98 Å². The van der Waals surface area contributed by atoms with Crippen molar-refractivity contribution in [1.82, 2.24) is 4.98 Å². The first-order valence-electron chi connectivity index (χ1n) is 15.5. The Morgan fingerprint density at radius 2 is 0.891 bits per heavy atom. The predicted octanol–water partition coefficient (Wildman–Crippen LogP) is 12.1. The fraction of sp³-hybridized carbons (Fsp3) is 0. The van der Waals surface area contributed by atoms with Crippen LogP contribution in [0.2, 0.25) is 0 Å². The number of pyridine rings is 1. The molecule has 0 unspecified atom stereocenters. The Kier molecular flexibility index (Phi) is 6.14. The molecule has 7 aromatic carbocycles. The van der Waals surface area contributed by atoms with Gasteiger partial charge in [0.2, 0.25) is 0 Å². The van der Waals surface area contributed by atoms with Crippen molar-refractivity contribution >= 4 is 60.7 Å². The summed E-state index contributed by atoms with van der Waals surface area (Å²) in [5.74, 6) is 0. The maximum absolute atomic E-state index is 6.25. The van der Waals surface area contributed by atoms with Crippen molar-refractivity contribution in [2.24, 2.45) is 0 Å². The smallest absolute Gasteiger partial charge is 0.155 e. The minimum absolute atomic E-state index is 0.768. The first kappa shape index (κ1) is 26.2. The van der Waals surface area contributed by atoms with E-state index in [0.717, 1.165) is 39.1 Å². The summed E-state index contributed by atoms with van der Waals surface area (Å²) in [6, 6.07) is 57.9. The molecule has 0 saturated heterocycles. The fourth-order valence-corrected chi connectivity index (χ4v) is 6.50. The maximum Gasteiger partial charge on any atom is 0.155 e. The third-order valence-corrected chi connectivity index (χ3v) is 8.88. The molecule has 0 bridgehead atoms. The first-order valence-corrected chi connectivity index (χ1v) is 15.5. The number of benzene rings is 7. The number of aromatic nitrogens is 1. The van der Waals surface area contributed by atoms with Gasteiger partial charge in [0.15, 0.2) is 5.58 Å². The molecule has 9 aromatic rings. The van der Waals surface area contributed by atoms with Gasteiger partial charge in [0.1, 0.15) is 11.1 Å². The average Bonchev–Trinajstić information content (AvgIpc) is 3.50. The number of nitrogens with zero attached hydrogens (tertiary/aromatic N) is 2. The summed E-state index contributed by atoms with van der Waals surface area (Å²) in [4.78, 5) is 7.14. The molecule has 0 radical (unpaired) electrons. The first-order chi connectivity index (χ1) is 22.8. The molecular weight excluding hydrogens is 560 g/mol. The summed E-state index contributed by atoms with van der Waals surface area (Å²) < 4.78 is 6.25. The highest BCUT2D eigenvalue weighted by Gasteiger charge is 2.17. The summed E-state index contributed by atoms with van der Waals surface area (Å²) in [5, 5.41) is 5.99. The Hall–Kier alpha value is -6.19. The van der Waals surface area contributed by atoms with Crippen LogP contribution in [-0.2, 0) is 0 Å². The molecule has 0 N–H and O–H groups in total. The van der Waals surface area contributed by atoms with Gasteiger partial charge in [-0.05, 0) is 92.3 Å². The van der Waals surface area contributed by atoms with Gasteiger partial charge in [0, 0.05) is 22.8 Å². The Bertz CT molecular complexity index is 2410. The second kappa shape index (κ2) is 10.8. The second-order valence-electron chi connectivity index (χ2n) is 11.7. The van der Waals surface area contributed by atoms with E-state index in [1.165, 1.54) is 43.8 Å². The SMILES string of the molecule is c1ccc2cc(-c3ccc(N(c4ccc(-c5ccc6ccccc6c5)cc4)c4cnc5c(c4)oc4ccccc45)cc3)ccc2c1. The molecule has 0 aliphatic heterocycles. The summed E-state index contributed by atoms with van der Waals surface area (Å²) in [5.41, 5.74) is 10.2. The van der Waals surface area contributed by atoms with Gasteiger partial charge < -0.3 is 9.32 Å². The molecule has 0 atom stereocenters. The van der Waals surface area contributed by atoms with Crippen LogP contribution in [0.4, 0.5) is 17.1 Å². The third-order valence-electron chi connectivity index (χ3n) is 8.88. The zero-order valence-electron chi connectivity index (χ0n) is 25.0. The molecule has 2 heterocycles. The summed E-state index contributed by atoms with van der Waals surface area (Å²) in [6.07, 6.45) is 1.94. The number of fused-ring (bicyclic) bond motifs is 5. The standard InChI is InChI=1S/C43H28N2O/c1-3-9-33-25-35(15-13-29(33)7-1)31-17-21-37(22-18-31)45(39-27-42-43(44-28-39)40-11-5-6-12-41(40)46-42)38-23-19-32(20-24-38)36-16-14-30-8-2-4-10-34(30)26-36/h1-28H. The van der Waals surface area contributed by atoms with Crippen LogP contribution in [0.3, 0.4) is 0 Å². The van der Waals surface area contributed by atoms with Gasteiger partial charge in [-0.1, -0.05) is 109 Å². The van der Waals surface area contributed by atoms with E-state index in [1.807, 2.05) is 24.4 Å². The van der Waals surface area contributed by atoms with Gasteiger partial charge in [-0.15, -0.1) is 0 Å². The molecule has 46 heavy (non-hydrogen) atoms. The lowest BCUT2D eigenvalue weighted by Crippen LogP contribution is -2.10. The minimum Gasteiger partial charge on any atom is -0.454 e. The number of hydrogen-bond donors (Lipinski definition) is 0. The van der Waals surface area contributed by atoms with Crippen LogP contribution in [0, 0.1) is 0 Å². The maximum atomic E-state index is 6.25. The number of anilines is 3. The Balaban J connectivity index is 1.13. The second-order valence-corrected chi connectivity index (χ2v) is 11.7. The monoisotopic (exact) mass is 588 g/mol. The van der Waals surface area contributed by atoms with E-state index in [0.29, 0.717) is 0 Å². The summed E-state index contributed by atoms with van der Waals surface area (Å²) in [6.45, 7) is 0. The van der Waals surface area contributed by atoms with E-state index in [4.69, 9.17) is 9.40 Å². The summed E-state index contributed by atoms with van der Waals surface area (Å²) >= 11 is 0. The fourth-order valence-electron chi connectivity index (χ4n) is 6.50. The van der Waals surface area contributed by atoms with Gasteiger partial charge >= 0.3 is 0 Å². The number of rotatable bonds is 5. The van der Waals surface area contributed by atoms with Crippen LogP contribution in [0.25, 0.3) is 65.9 Å². The van der Waals surface area contributed by atoms with Crippen molar-refractivity contribution in [2.45, 2.75) is 0 Å². The van der Waals surface area contributed by atoms with Crippen LogP contribution in [-0.4, -0.2) is 4.98 Å². The molecule has 0 saturated carbocycles. The van der Waals surface area contributed by atoms with Crippen molar-refractivity contribution in [1.29, 1.82) is 0 Å². The molecule has 0 amide bonds. The van der Waals surface area contributed by atoms with E-state index in [9.17, 15) is 0 Å². The topological polar surface area (TPSA) is 29.3 Å². The van der Waals surface area contributed by atoms with Crippen molar-refractivity contribution in [3.05, 3.63) is 170 Å². The van der Waals surface area contributed by atoms with Gasteiger partial charge in [-0.3, -0.25) is 0 Å². The highest BCUT2D eigenvalue weighted by atomic mass is 16.3. The van der Waals surface area contributed by atoms with Crippen LogP contribution in [0.15, 0.2) is 174 Å². The molecule has 216 valence electrons. The Morgan fingerprint density at radius 1 is 0.391 bits per heavy atom. The Labute approximate surface area is 266 Å². The van der Waals surface area contributed by atoms with Crippen molar-refractivity contribution < 1.29 is 4.42 Å². The van der Waals surface area contributed by atoms with E-state index in [1.54, 1.807) is 0 Å². The van der Waals surface area contributed by atoms with E-state index in [-0.39, 0.29) is 0 Å². The molecule has 2 aromatic heterocycles. The molecule has 0 fully saturated rings. The lowest BCUT2D eigenvalue weighted by molar-refractivity contribution is 0.668. The van der Waals surface area contributed by atoms with Crippen LogP contribution >= 0.6 is 0 Å². The Morgan fingerprint density at radius 3 is 1.48 bits per heavy atom. The highest BCUT2D eigenvalue weighted by molar-refractivity contribution is 6.03. The molecule has 3 nitrogen and oxygen atoms in total. The average molecular weight is 589 g/mol. The molecule has 9 rings (SSSR count). The molecule has 0 spiro atoms.